The van der Waals surface area contributed by atoms with E-state index in [1.807, 2.05) is 6.92 Å². The lowest BCUT2D eigenvalue weighted by Gasteiger charge is -2.11. The summed E-state index contributed by atoms with van der Waals surface area (Å²) in [4.78, 5) is 0. The second-order valence-electron chi connectivity index (χ2n) is 3.87. The van der Waals surface area contributed by atoms with Gasteiger partial charge in [-0.2, -0.15) is 0 Å². The molecule has 1 rings (SSSR count). The molecule has 19 heavy (non-hydrogen) atoms. The van der Waals surface area contributed by atoms with E-state index in [1.54, 1.807) is 0 Å². The van der Waals surface area contributed by atoms with Gasteiger partial charge in [0, 0.05) is 0 Å². The number of hydrogen-bond acceptors (Lipinski definition) is 3. The van der Waals surface area contributed by atoms with Crippen LogP contribution in [0.4, 0.5) is 10.1 Å². The average molecular weight is 329 g/mol. The number of nitrogens with one attached hydrogen (secondary N) is 2. The fourth-order valence-electron chi connectivity index (χ4n) is 1.41. The number of anilines is 1. The van der Waals surface area contributed by atoms with Crippen molar-refractivity contribution in [2.24, 2.45) is 0 Å². The highest BCUT2D eigenvalue weighted by atomic mass is 35.5. The molecule has 108 valence electrons. The summed E-state index contributed by atoms with van der Waals surface area (Å²) in [5, 5.41) is 2.88. The van der Waals surface area contributed by atoms with Gasteiger partial charge in [0.1, 0.15) is 5.82 Å². The summed E-state index contributed by atoms with van der Waals surface area (Å²) in [6.45, 7) is 3.32. The van der Waals surface area contributed by atoms with Gasteiger partial charge in [-0.1, -0.05) is 30.1 Å². The third-order valence-electron chi connectivity index (χ3n) is 2.28. The van der Waals surface area contributed by atoms with Crippen molar-refractivity contribution < 1.29 is 12.8 Å². The molecule has 0 bridgehead atoms. The highest BCUT2D eigenvalue weighted by Gasteiger charge is 2.16. The maximum atomic E-state index is 13.0. The van der Waals surface area contributed by atoms with Gasteiger partial charge in [-0.15, -0.1) is 0 Å². The van der Waals surface area contributed by atoms with Crippen molar-refractivity contribution in [1.82, 2.24) is 5.32 Å². The monoisotopic (exact) mass is 328 g/mol. The quantitative estimate of drug-likeness (QED) is 0.756. The lowest BCUT2D eigenvalue weighted by Crippen LogP contribution is -2.22. The van der Waals surface area contributed by atoms with E-state index in [1.165, 1.54) is 0 Å². The van der Waals surface area contributed by atoms with Gasteiger partial charge in [0.15, 0.2) is 0 Å². The first-order valence-electron chi connectivity index (χ1n) is 5.71. The van der Waals surface area contributed by atoms with Crippen molar-refractivity contribution in [2.45, 2.75) is 13.3 Å². The lowest BCUT2D eigenvalue weighted by molar-refractivity contribution is 0.595. The molecular formula is C11H15Cl2FN2O2S. The molecule has 0 aliphatic carbocycles. The SMILES string of the molecule is CCNCCCS(=O)(=O)Nc1c(Cl)cc(F)cc1Cl. The molecule has 0 atom stereocenters. The van der Waals surface area contributed by atoms with Crippen LogP contribution in [-0.2, 0) is 10.0 Å². The summed E-state index contributed by atoms with van der Waals surface area (Å²) in [5.74, 6) is -0.686. The molecule has 8 heteroatoms. The summed E-state index contributed by atoms with van der Waals surface area (Å²) in [5.41, 5.74) is 0.00758. The fourth-order valence-corrected chi connectivity index (χ4v) is 3.23. The average Bonchev–Trinajstić information content (AvgIpc) is 2.29. The van der Waals surface area contributed by atoms with Crippen LogP contribution < -0.4 is 10.0 Å². The normalized spacial score (nSPS) is 11.6. The minimum Gasteiger partial charge on any atom is -0.317 e. The van der Waals surface area contributed by atoms with Gasteiger partial charge >= 0.3 is 0 Å². The third kappa shape index (κ3) is 5.52. The first-order valence-corrected chi connectivity index (χ1v) is 8.12. The minimum atomic E-state index is -3.55. The maximum Gasteiger partial charge on any atom is 0.232 e. The molecular weight excluding hydrogens is 314 g/mol. The molecule has 2 N–H and O–H groups in total. The first-order chi connectivity index (χ1) is 8.85. The third-order valence-corrected chi connectivity index (χ3v) is 4.22. The summed E-state index contributed by atoms with van der Waals surface area (Å²) < 4.78 is 38.9. The predicted octanol–water partition coefficient (Wildman–Crippen LogP) is 2.87. The van der Waals surface area contributed by atoms with Gasteiger partial charge in [0.2, 0.25) is 10.0 Å². The Bertz CT molecular complexity index is 514. The zero-order valence-corrected chi connectivity index (χ0v) is 12.7. The van der Waals surface area contributed by atoms with E-state index in [9.17, 15) is 12.8 Å². The largest absolute Gasteiger partial charge is 0.317 e. The van der Waals surface area contributed by atoms with Crippen LogP contribution in [0.5, 0.6) is 0 Å². The van der Waals surface area contributed by atoms with Crippen LogP contribution >= 0.6 is 23.2 Å². The van der Waals surface area contributed by atoms with Crippen LogP contribution in [0.15, 0.2) is 12.1 Å². The summed E-state index contributed by atoms with van der Waals surface area (Å²) in [6, 6.07) is 2.01. The van der Waals surface area contributed by atoms with Gasteiger partial charge in [0.25, 0.3) is 0 Å². The van der Waals surface area contributed by atoms with Crippen molar-refractivity contribution >= 4 is 38.9 Å². The number of halogens is 3. The molecule has 0 amide bonds. The van der Waals surface area contributed by atoms with Crippen molar-refractivity contribution in [1.29, 1.82) is 0 Å². The van der Waals surface area contributed by atoms with E-state index < -0.39 is 15.8 Å². The Hall–Kier alpha value is -0.560. The molecule has 0 aliphatic heterocycles. The number of sulfonamides is 1. The smallest absolute Gasteiger partial charge is 0.232 e. The predicted molar refractivity (Wildman–Crippen MR) is 77.0 cm³/mol. The van der Waals surface area contributed by atoms with Crippen LogP contribution in [0.3, 0.4) is 0 Å². The van der Waals surface area contributed by atoms with E-state index in [-0.39, 0.29) is 21.5 Å². The summed E-state index contributed by atoms with van der Waals surface area (Å²) >= 11 is 11.5. The summed E-state index contributed by atoms with van der Waals surface area (Å²) in [6.07, 6.45) is 0.458. The van der Waals surface area contributed by atoms with Gasteiger partial charge in [0.05, 0.1) is 21.5 Å². The van der Waals surface area contributed by atoms with Crippen LogP contribution in [-0.4, -0.2) is 27.3 Å². The topological polar surface area (TPSA) is 58.2 Å². The second-order valence-corrected chi connectivity index (χ2v) is 6.53. The van der Waals surface area contributed by atoms with E-state index in [0.717, 1.165) is 18.7 Å². The maximum absolute atomic E-state index is 13.0. The van der Waals surface area contributed by atoms with Gasteiger partial charge < -0.3 is 5.32 Å². The first kappa shape index (κ1) is 16.5. The Morgan fingerprint density at radius 3 is 2.37 bits per heavy atom. The fraction of sp³-hybridized carbons (Fsp3) is 0.455. The Kier molecular flexibility index (Phi) is 6.32. The van der Waals surface area contributed by atoms with Crippen molar-refractivity contribution in [2.75, 3.05) is 23.6 Å². The van der Waals surface area contributed by atoms with Crippen LogP contribution in [0, 0.1) is 5.82 Å². The Balaban J connectivity index is 2.73. The van der Waals surface area contributed by atoms with Crippen molar-refractivity contribution in [3.05, 3.63) is 28.0 Å². The van der Waals surface area contributed by atoms with E-state index in [4.69, 9.17) is 23.2 Å². The molecule has 0 spiro atoms. The van der Waals surface area contributed by atoms with Crippen molar-refractivity contribution in [3.8, 4) is 0 Å². The molecule has 1 aromatic rings. The highest BCUT2D eigenvalue weighted by molar-refractivity contribution is 7.92. The van der Waals surface area contributed by atoms with Gasteiger partial charge in [-0.25, -0.2) is 12.8 Å². The molecule has 0 saturated carbocycles. The van der Waals surface area contributed by atoms with Crippen molar-refractivity contribution in [3.63, 3.8) is 0 Å². The summed E-state index contributed by atoms with van der Waals surface area (Å²) in [7, 11) is -3.55. The molecule has 0 fully saturated rings. The molecule has 0 aromatic heterocycles. The zero-order chi connectivity index (χ0) is 14.5. The van der Waals surface area contributed by atoms with Crippen LogP contribution in [0.1, 0.15) is 13.3 Å². The standard InChI is InChI=1S/C11H15Cl2FN2O2S/c1-2-15-4-3-5-19(17,18)16-11-9(12)6-8(14)7-10(11)13/h6-7,15-16H,2-5H2,1H3. The molecule has 0 heterocycles. The Morgan fingerprint density at radius 2 is 1.84 bits per heavy atom. The Morgan fingerprint density at radius 1 is 1.26 bits per heavy atom. The zero-order valence-electron chi connectivity index (χ0n) is 10.3. The molecule has 0 radical (unpaired) electrons. The molecule has 0 saturated heterocycles. The van der Waals surface area contributed by atoms with Crippen LogP contribution in [0.25, 0.3) is 0 Å². The minimum absolute atomic E-state index is 0.00758. The second kappa shape index (κ2) is 7.28. The number of hydrogen-bond donors (Lipinski definition) is 2. The molecule has 0 aliphatic rings. The van der Waals surface area contributed by atoms with Gasteiger partial charge in [-0.05, 0) is 31.6 Å². The number of benzene rings is 1. The van der Waals surface area contributed by atoms with Crippen LogP contribution in [0.2, 0.25) is 10.0 Å². The van der Waals surface area contributed by atoms with E-state index >= 15 is 0 Å². The van der Waals surface area contributed by atoms with E-state index in [2.05, 4.69) is 10.0 Å². The lowest BCUT2D eigenvalue weighted by atomic mass is 10.3. The highest BCUT2D eigenvalue weighted by Crippen LogP contribution is 2.32. The molecule has 1 aromatic carbocycles. The molecule has 0 unspecified atom stereocenters. The van der Waals surface area contributed by atoms with E-state index in [0.29, 0.717) is 13.0 Å². The Labute approximate surface area is 122 Å². The molecule has 4 nitrogen and oxygen atoms in total. The van der Waals surface area contributed by atoms with Gasteiger partial charge in [-0.3, -0.25) is 4.72 Å². The number of rotatable bonds is 7.